The zero-order valence-corrected chi connectivity index (χ0v) is 12.0. The third-order valence-electron chi connectivity index (χ3n) is 3.84. The van der Waals surface area contributed by atoms with Crippen molar-refractivity contribution in [3.8, 4) is 0 Å². The number of nitrogens with zero attached hydrogens (tertiary/aromatic N) is 3. The molecule has 6 heteroatoms. The standard InChI is InChI=1S/C15H19N5O/c1-11-2-3-14(16-10-11)20-8-5-12(6-9-20)15(21)18-13-4-7-17-19-13/h2-4,7,10,12H,5-6,8-9H2,1H3,(H2,17,18,19,21). The maximum atomic E-state index is 12.2. The van der Waals surface area contributed by atoms with Crippen LogP contribution in [0, 0.1) is 12.8 Å². The van der Waals surface area contributed by atoms with E-state index in [1.165, 1.54) is 0 Å². The average Bonchev–Trinajstić information content (AvgIpc) is 3.01. The van der Waals surface area contributed by atoms with E-state index in [1.54, 1.807) is 12.3 Å². The number of anilines is 2. The zero-order chi connectivity index (χ0) is 14.7. The van der Waals surface area contributed by atoms with Crippen LogP contribution in [-0.2, 0) is 4.79 Å². The molecule has 2 N–H and O–H groups in total. The molecule has 1 aliphatic rings. The van der Waals surface area contributed by atoms with E-state index >= 15 is 0 Å². The summed E-state index contributed by atoms with van der Waals surface area (Å²) in [6.45, 7) is 3.75. The number of hydrogen-bond acceptors (Lipinski definition) is 4. The van der Waals surface area contributed by atoms with Gasteiger partial charge < -0.3 is 10.2 Å². The number of carbonyl (C=O) groups excluding carboxylic acids is 1. The van der Waals surface area contributed by atoms with Crippen LogP contribution in [0.25, 0.3) is 0 Å². The number of carbonyl (C=O) groups is 1. The van der Waals surface area contributed by atoms with Crippen molar-refractivity contribution in [2.24, 2.45) is 5.92 Å². The molecular formula is C15H19N5O. The zero-order valence-electron chi connectivity index (χ0n) is 12.0. The fourth-order valence-electron chi connectivity index (χ4n) is 2.58. The topological polar surface area (TPSA) is 73.9 Å². The molecule has 1 fully saturated rings. The van der Waals surface area contributed by atoms with E-state index in [2.05, 4.69) is 31.5 Å². The van der Waals surface area contributed by atoms with Crippen LogP contribution >= 0.6 is 0 Å². The molecule has 2 aromatic rings. The first kappa shape index (κ1) is 13.6. The third kappa shape index (κ3) is 3.21. The molecule has 1 aliphatic heterocycles. The summed E-state index contributed by atoms with van der Waals surface area (Å²) >= 11 is 0. The molecule has 0 atom stereocenters. The highest BCUT2D eigenvalue weighted by Crippen LogP contribution is 2.22. The second-order valence-electron chi connectivity index (χ2n) is 5.41. The van der Waals surface area contributed by atoms with Crippen LogP contribution in [0.4, 0.5) is 11.6 Å². The first-order valence-corrected chi connectivity index (χ1v) is 7.20. The molecule has 0 radical (unpaired) electrons. The van der Waals surface area contributed by atoms with E-state index in [4.69, 9.17) is 0 Å². The fourth-order valence-corrected chi connectivity index (χ4v) is 2.58. The van der Waals surface area contributed by atoms with E-state index in [0.29, 0.717) is 5.82 Å². The lowest BCUT2D eigenvalue weighted by Gasteiger charge is -2.32. The van der Waals surface area contributed by atoms with Gasteiger partial charge in [0.05, 0.1) is 6.20 Å². The minimum Gasteiger partial charge on any atom is -0.357 e. The van der Waals surface area contributed by atoms with Crippen LogP contribution in [0.3, 0.4) is 0 Å². The first-order chi connectivity index (χ1) is 10.2. The van der Waals surface area contributed by atoms with Gasteiger partial charge in [-0.3, -0.25) is 9.89 Å². The molecule has 3 heterocycles. The van der Waals surface area contributed by atoms with Crippen molar-refractivity contribution in [1.82, 2.24) is 15.2 Å². The Morgan fingerprint density at radius 2 is 2.14 bits per heavy atom. The molecule has 110 valence electrons. The highest BCUT2D eigenvalue weighted by atomic mass is 16.2. The number of amides is 1. The van der Waals surface area contributed by atoms with Crippen molar-refractivity contribution in [3.63, 3.8) is 0 Å². The molecule has 0 spiro atoms. The minimum absolute atomic E-state index is 0.0509. The maximum absolute atomic E-state index is 12.2. The van der Waals surface area contributed by atoms with Crippen LogP contribution in [0.15, 0.2) is 30.6 Å². The van der Waals surface area contributed by atoms with Crippen molar-refractivity contribution in [3.05, 3.63) is 36.2 Å². The summed E-state index contributed by atoms with van der Waals surface area (Å²) in [6.07, 6.45) is 5.19. The number of rotatable bonds is 3. The van der Waals surface area contributed by atoms with Crippen molar-refractivity contribution in [2.75, 3.05) is 23.3 Å². The summed E-state index contributed by atoms with van der Waals surface area (Å²) in [4.78, 5) is 18.8. The van der Waals surface area contributed by atoms with Crippen LogP contribution < -0.4 is 10.2 Å². The average molecular weight is 285 g/mol. The van der Waals surface area contributed by atoms with Gasteiger partial charge in [-0.2, -0.15) is 5.10 Å². The molecule has 0 saturated carbocycles. The van der Waals surface area contributed by atoms with Gasteiger partial charge in [0, 0.05) is 31.3 Å². The lowest BCUT2D eigenvalue weighted by molar-refractivity contribution is -0.120. The van der Waals surface area contributed by atoms with Gasteiger partial charge in [0.15, 0.2) is 0 Å². The Hall–Kier alpha value is -2.37. The molecule has 0 aromatic carbocycles. The van der Waals surface area contributed by atoms with Crippen molar-refractivity contribution < 1.29 is 4.79 Å². The molecule has 1 amide bonds. The Morgan fingerprint density at radius 1 is 1.33 bits per heavy atom. The summed E-state index contributed by atoms with van der Waals surface area (Å²) in [5.74, 6) is 1.77. The van der Waals surface area contributed by atoms with E-state index in [9.17, 15) is 4.79 Å². The molecule has 0 unspecified atom stereocenters. The molecule has 0 aliphatic carbocycles. The number of aromatic nitrogens is 3. The van der Waals surface area contributed by atoms with E-state index in [0.717, 1.165) is 37.3 Å². The lowest BCUT2D eigenvalue weighted by Crippen LogP contribution is -2.38. The summed E-state index contributed by atoms with van der Waals surface area (Å²) < 4.78 is 0. The largest absolute Gasteiger partial charge is 0.357 e. The van der Waals surface area contributed by atoms with Gasteiger partial charge in [-0.25, -0.2) is 4.98 Å². The fraction of sp³-hybridized carbons (Fsp3) is 0.400. The SMILES string of the molecule is Cc1ccc(N2CCC(C(=O)Nc3ccn[nH]3)CC2)nc1. The number of pyridine rings is 1. The van der Waals surface area contributed by atoms with Crippen LogP contribution in [0.5, 0.6) is 0 Å². The smallest absolute Gasteiger partial charge is 0.228 e. The molecule has 2 aromatic heterocycles. The summed E-state index contributed by atoms with van der Waals surface area (Å²) in [5, 5.41) is 9.43. The highest BCUT2D eigenvalue weighted by Gasteiger charge is 2.25. The first-order valence-electron chi connectivity index (χ1n) is 7.20. The summed E-state index contributed by atoms with van der Waals surface area (Å²) in [7, 11) is 0. The number of aryl methyl sites for hydroxylation is 1. The molecule has 1 saturated heterocycles. The number of hydrogen-bond donors (Lipinski definition) is 2. The Labute approximate surface area is 123 Å². The van der Waals surface area contributed by atoms with Gasteiger partial charge in [-0.1, -0.05) is 6.07 Å². The van der Waals surface area contributed by atoms with Crippen molar-refractivity contribution in [1.29, 1.82) is 0 Å². The second kappa shape index (κ2) is 5.95. The maximum Gasteiger partial charge on any atom is 0.228 e. The lowest BCUT2D eigenvalue weighted by atomic mass is 9.96. The van der Waals surface area contributed by atoms with Crippen LogP contribution in [0.2, 0.25) is 0 Å². The number of H-pyrrole nitrogens is 1. The quantitative estimate of drug-likeness (QED) is 0.904. The van der Waals surface area contributed by atoms with E-state index < -0.39 is 0 Å². The van der Waals surface area contributed by atoms with E-state index in [1.807, 2.05) is 19.2 Å². The minimum atomic E-state index is 0.0509. The Kier molecular flexibility index (Phi) is 3.85. The monoisotopic (exact) mass is 285 g/mol. The third-order valence-corrected chi connectivity index (χ3v) is 3.84. The van der Waals surface area contributed by atoms with Gasteiger partial charge in [-0.05, 0) is 31.4 Å². The molecule has 21 heavy (non-hydrogen) atoms. The van der Waals surface area contributed by atoms with Crippen LogP contribution in [0.1, 0.15) is 18.4 Å². The molecule has 0 bridgehead atoms. The van der Waals surface area contributed by atoms with Gasteiger partial charge in [0.25, 0.3) is 0 Å². The number of piperidine rings is 1. The van der Waals surface area contributed by atoms with Crippen molar-refractivity contribution >= 4 is 17.5 Å². The van der Waals surface area contributed by atoms with Gasteiger partial charge in [0.1, 0.15) is 11.6 Å². The number of aromatic amines is 1. The summed E-state index contributed by atoms with van der Waals surface area (Å²) in [5.41, 5.74) is 1.16. The van der Waals surface area contributed by atoms with Crippen molar-refractivity contribution in [2.45, 2.75) is 19.8 Å². The molecule has 3 rings (SSSR count). The second-order valence-corrected chi connectivity index (χ2v) is 5.41. The summed E-state index contributed by atoms with van der Waals surface area (Å²) in [6, 6.07) is 5.86. The van der Waals surface area contributed by atoms with Gasteiger partial charge in [-0.15, -0.1) is 0 Å². The van der Waals surface area contributed by atoms with Crippen LogP contribution in [-0.4, -0.2) is 34.2 Å². The predicted octanol–water partition coefficient (Wildman–Crippen LogP) is 1.97. The predicted molar refractivity (Wildman–Crippen MR) is 81.1 cm³/mol. The van der Waals surface area contributed by atoms with Gasteiger partial charge in [0.2, 0.25) is 5.91 Å². The highest BCUT2D eigenvalue weighted by molar-refractivity contribution is 5.91. The van der Waals surface area contributed by atoms with E-state index in [-0.39, 0.29) is 11.8 Å². The Morgan fingerprint density at radius 3 is 2.76 bits per heavy atom. The van der Waals surface area contributed by atoms with Gasteiger partial charge >= 0.3 is 0 Å². The number of nitrogens with one attached hydrogen (secondary N) is 2. The molecule has 6 nitrogen and oxygen atoms in total. The normalized spacial score (nSPS) is 16.0. The Balaban J connectivity index is 1.55. The Bertz CT molecular complexity index is 585. The molecular weight excluding hydrogens is 266 g/mol.